The van der Waals surface area contributed by atoms with E-state index < -0.39 is 0 Å². The van der Waals surface area contributed by atoms with Crippen molar-refractivity contribution in [2.45, 2.75) is 25.0 Å². The van der Waals surface area contributed by atoms with Gasteiger partial charge in [0.05, 0.1) is 6.10 Å². The molecule has 3 nitrogen and oxygen atoms in total. The standard InChI is InChI=1S/C13H19ClN2O/c14-11-5-3-10(4-6-11)13(8-15)16-9-12-2-1-7-17-12/h3-6,12-13,16H,1-2,7-9,15H2. The molecule has 1 saturated heterocycles. The molecule has 0 amide bonds. The Morgan fingerprint density at radius 3 is 2.76 bits per heavy atom. The summed E-state index contributed by atoms with van der Waals surface area (Å²) in [6.07, 6.45) is 2.65. The quantitative estimate of drug-likeness (QED) is 0.846. The van der Waals surface area contributed by atoms with Gasteiger partial charge >= 0.3 is 0 Å². The van der Waals surface area contributed by atoms with E-state index in [4.69, 9.17) is 22.1 Å². The van der Waals surface area contributed by atoms with Crippen molar-refractivity contribution in [1.82, 2.24) is 5.32 Å². The van der Waals surface area contributed by atoms with Crippen molar-refractivity contribution in [3.05, 3.63) is 34.9 Å². The minimum Gasteiger partial charge on any atom is -0.377 e. The van der Waals surface area contributed by atoms with Gasteiger partial charge in [0, 0.05) is 30.8 Å². The minimum atomic E-state index is 0.177. The lowest BCUT2D eigenvalue weighted by atomic mass is 10.1. The zero-order chi connectivity index (χ0) is 12.1. The Labute approximate surface area is 107 Å². The summed E-state index contributed by atoms with van der Waals surface area (Å²) in [5.41, 5.74) is 6.97. The number of hydrogen-bond acceptors (Lipinski definition) is 3. The van der Waals surface area contributed by atoms with Crippen LogP contribution in [0.3, 0.4) is 0 Å². The summed E-state index contributed by atoms with van der Waals surface area (Å²) in [7, 11) is 0. The highest BCUT2D eigenvalue weighted by atomic mass is 35.5. The highest BCUT2D eigenvalue weighted by Crippen LogP contribution is 2.17. The second-order valence-electron chi connectivity index (χ2n) is 4.38. The first-order valence-electron chi connectivity index (χ1n) is 6.10. The van der Waals surface area contributed by atoms with Crippen LogP contribution in [-0.2, 0) is 4.74 Å². The number of nitrogens with one attached hydrogen (secondary N) is 1. The van der Waals surface area contributed by atoms with Gasteiger partial charge in [-0.25, -0.2) is 0 Å². The molecule has 2 atom stereocenters. The molecule has 1 aromatic carbocycles. The molecule has 1 fully saturated rings. The Kier molecular flexibility index (Phi) is 4.80. The molecule has 2 unspecified atom stereocenters. The molecule has 0 saturated carbocycles. The highest BCUT2D eigenvalue weighted by molar-refractivity contribution is 6.30. The summed E-state index contributed by atoms with van der Waals surface area (Å²) in [5.74, 6) is 0. The summed E-state index contributed by atoms with van der Waals surface area (Å²) in [4.78, 5) is 0. The molecule has 0 radical (unpaired) electrons. The number of hydrogen-bond donors (Lipinski definition) is 2. The highest BCUT2D eigenvalue weighted by Gasteiger charge is 2.17. The topological polar surface area (TPSA) is 47.3 Å². The van der Waals surface area contributed by atoms with Crippen LogP contribution < -0.4 is 11.1 Å². The van der Waals surface area contributed by atoms with E-state index in [1.165, 1.54) is 12.0 Å². The minimum absolute atomic E-state index is 0.177. The summed E-state index contributed by atoms with van der Waals surface area (Å²) < 4.78 is 5.58. The van der Waals surface area contributed by atoms with Crippen molar-refractivity contribution in [2.75, 3.05) is 19.7 Å². The third kappa shape index (κ3) is 3.68. The van der Waals surface area contributed by atoms with E-state index in [-0.39, 0.29) is 6.04 Å². The Morgan fingerprint density at radius 1 is 1.41 bits per heavy atom. The molecule has 0 aromatic heterocycles. The fourth-order valence-electron chi connectivity index (χ4n) is 2.11. The van der Waals surface area contributed by atoms with E-state index in [0.29, 0.717) is 12.6 Å². The third-order valence-electron chi connectivity index (χ3n) is 3.12. The van der Waals surface area contributed by atoms with Gasteiger partial charge in [-0.15, -0.1) is 0 Å². The molecule has 0 spiro atoms. The van der Waals surface area contributed by atoms with Gasteiger partial charge in [0.15, 0.2) is 0 Å². The molecule has 94 valence electrons. The van der Waals surface area contributed by atoms with Crippen molar-refractivity contribution in [2.24, 2.45) is 5.73 Å². The molecule has 1 aromatic rings. The predicted molar refractivity (Wildman–Crippen MR) is 70.2 cm³/mol. The maximum Gasteiger partial charge on any atom is 0.0700 e. The second kappa shape index (κ2) is 6.36. The first-order chi connectivity index (χ1) is 8.29. The predicted octanol–water partition coefficient (Wildman–Crippen LogP) is 2.11. The van der Waals surface area contributed by atoms with Gasteiger partial charge in [-0.05, 0) is 30.5 Å². The van der Waals surface area contributed by atoms with E-state index in [1.807, 2.05) is 24.3 Å². The number of benzene rings is 1. The average Bonchev–Trinajstić information content (AvgIpc) is 2.85. The van der Waals surface area contributed by atoms with Crippen molar-refractivity contribution in [3.8, 4) is 0 Å². The summed E-state index contributed by atoms with van der Waals surface area (Å²) in [6.45, 7) is 2.33. The van der Waals surface area contributed by atoms with Crippen LogP contribution in [0.15, 0.2) is 24.3 Å². The second-order valence-corrected chi connectivity index (χ2v) is 4.82. The summed E-state index contributed by atoms with van der Waals surface area (Å²) in [5, 5.41) is 4.21. The van der Waals surface area contributed by atoms with Gasteiger partial charge in [0.25, 0.3) is 0 Å². The molecule has 17 heavy (non-hydrogen) atoms. The van der Waals surface area contributed by atoms with Crippen molar-refractivity contribution >= 4 is 11.6 Å². The molecule has 4 heteroatoms. The monoisotopic (exact) mass is 254 g/mol. The van der Waals surface area contributed by atoms with Gasteiger partial charge in [0.2, 0.25) is 0 Å². The van der Waals surface area contributed by atoms with Gasteiger partial charge in [0.1, 0.15) is 0 Å². The van der Waals surface area contributed by atoms with Crippen molar-refractivity contribution < 1.29 is 4.74 Å². The lowest BCUT2D eigenvalue weighted by Gasteiger charge is -2.19. The third-order valence-corrected chi connectivity index (χ3v) is 3.38. The first-order valence-corrected chi connectivity index (χ1v) is 6.48. The Hall–Kier alpha value is -0.610. The maximum absolute atomic E-state index is 5.87. The van der Waals surface area contributed by atoms with Crippen LogP contribution in [0.4, 0.5) is 0 Å². The van der Waals surface area contributed by atoms with Crippen LogP contribution >= 0.6 is 11.6 Å². The lowest BCUT2D eigenvalue weighted by molar-refractivity contribution is 0.107. The largest absolute Gasteiger partial charge is 0.377 e. The van der Waals surface area contributed by atoms with E-state index in [9.17, 15) is 0 Å². The van der Waals surface area contributed by atoms with Crippen molar-refractivity contribution in [3.63, 3.8) is 0 Å². The summed E-state index contributed by atoms with van der Waals surface area (Å²) >= 11 is 5.87. The van der Waals surface area contributed by atoms with Gasteiger partial charge < -0.3 is 15.8 Å². The zero-order valence-corrected chi connectivity index (χ0v) is 10.6. The molecule has 1 heterocycles. The molecule has 1 aliphatic rings. The van der Waals surface area contributed by atoms with Gasteiger partial charge in [-0.3, -0.25) is 0 Å². The smallest absolute Gasteiger partial charge is 0.0700 e. The zero-order valence-electron chi connectivity index (χ0n) is 9.86. The van der Waals surface area contributed by atoms with Crippen LogP contribution in [0.25, 0.3) is 0 Å². The van der Waals surface area contributed by atoms with E-state index >= 15 is 0 Å². The van der Waals surface area contributed by atoms with Crippen LogP contribution in [0.1, 0.15) is 24.4 Å². The Bertz CT molecular complexity index is 336. The SMILES string of the molecule is NCC(NCC1CCCO1)c1ccc(Cl)cc1. The average molecular weight is 255 g/mol. The Morgan fingerprint density at radius 2 is 2.18 bits per heavy atom. The van der Waals surface area contributed by atoms with Crippen LogP contribution in [0.5, 0.6) is 0 Å². The fourth-order valence-corrected chi connectivity index (χ4v) is 2.24. The number of halogens is 1. The molecular weight excluding hydrogens is 236 g/mol. The maximum atomic E-state index is 5.87. The number of rotatable bonds is 5. The van der Waals surface area contributed by atoms with E-state index in [0.717, 1.165) is 24.6 Å². The first kappa shape index (κ1) is 12.8. The lowest BCUT2D eigenvalue weighted by Crippen LogP contribution is -2.34. The fraction of sp³-hybridized carbons (Fsp3) is 0.538. The van der Waals surface area contributed by atoms with E-state index in [2.05, 4.69) is 5.32 Å². The van der Waals surface area contributed by atoms with Crippen LogP contribution in [0.2, 0.25) is 5.02 Å². The normalized spacial score (nSPS) is 21.6. The molecule has 2 rings (SSSR count). The van der Waals surface area contributed by atoms with Crippen LogP contribution in [0, 0.1) is 0 Å². The molecule has 3 N–H and O–H groups in total. The molecule has 0 bridgehead atoms. The van der Waals surface area contributed by atoms with Crippen LogP contribution in [-0.4, -0.2) is 25.8 Å². The molecule has 1 aliphatic heterocycles. The van der Waals surface area contributed by atoms with Gasteiger partial charge in [-0.2, -0.15) is 0 Å². The van der Waals surface area contributed by atoms with Gasteiger partial charge in [-0.1, -0.05) is 23.7 Å². The number of nitrogens with two attached hydrogens (primary N) is 1. The molecule has 0 aliphatic carbocycles. The van der Waals surface area contributed by atoms with E-state index in [1.54, 1.807) is 0 Å². The number of ether oxygens (including phenoxy) is 1. The van der Waals surface area contributed by atoms with Crippen molar-refractivity contribution in [1.29, 1.82) is 0 Å². The summed E-state index contributed by atoms with van der Waals surface area (Å²) in [6, 6.07) is 8.00. The molecular formula is C13H19ClN2O. The Balaban J connectivity index is 1.89.